The number of fused-ring (bicyclic) bond motifs is 3. The quantitative estimate of drug-likeness (QED) is 0.476. The standard InChI is InChI=1S/C24H29P/c1-14-16(3)21-23(7,18(14)5)24(8)19(6)15(2)17(4)22(24)25(21)20-12-10-9-11-13-20/h9-13H,1-8H3/t23-,24-/m1/s1. The van der Waals surface area contributed by atoms with E-state index in [0.717, 1.165) is 0 Å². The molecule has 0 aromatic heterocycles. The number of benzene rings is 1. The summed E-state index contributed by atoms with van der Waals surface area (Å²) in [4.78, 5) is 0. The van der Waals surface area contributed by atoms with Crippen molar-refractivity contribution in [2.45, 2.75) is 55.4 Å². The molecule has 1 aromatic rings. The van der Waals surface area contributed by atoms with Crippen molar-refractivity contribution in [2.24, 2.45) is 10.8 Å². The predicted molar refractivity (Wildman–Crippen MR) is 111 cm³/mol. The Labute approximate surface area is 154 Å². The topological polar surface area (TPSA) is 0 Å². The molecule has 0 amide bonds. The first kappa shape index (κ1) is 17.0. The lowest BCUT2D eigenvalue weighted by Crippen LogP contribution is -2.34. The van der Waals surface area contributed by atoms with Crippen LogP contribution in [0.1, 0.15) is 55.4 Å². The fourth-order valence-corrected chi connectivity index (χ4v) is 9.62. The Balaban J connectivity index is 2.13. The maximum atomic E-state index is 2.53. The minimum Gasteiger partial charge on any atom is -0.0622 e. The van der Waals surface area contributed by atoms with E-state index in [0.29, 0.717) is 0 Å². The fraction of sp³-hybridized carbons (Fsp3) is 0.417. The summed E-state index contributed by atoms with van der Waals surface area (Å²) in [6, 6.07) is 11.3. The molecular weight excluding hydrogens is 319 g/mol. The average molecular weight is 348 g/mol. The summed E-state index contributed by atoms with van der Waals surface area (Å²) in [5.41, 5.74) is 9.58. The predicted octanol–water partition coefficient (Wildman–Crippen LogP) is 7.07. The summed E-state index contributed by atoms with van der Waals surface area (Å²) in [5.74, 6) is 0. The van der Waals surface area contributed by atoms with Crippen LogP contribution in [-0.2, 0) is 0 Å². The van der Waals surface area contributed by atoms with Crippen LogP contribution in [-0.4, -0.2) is 0 Å². The summed E-state index contributed by atoms with van der Waals surface area (Å²) in [7, 11) is -0.427. The minimum absolute atomic E-state index is 0.126. The van der Waals surface area contributed by atoms with Crippen molar-refractivity contribution in [3.8, 4) is 0 Å². The Hall–Kier alpha value is -1.39. The van der Waals surface area contributed by atoms with Gasteiger partial charge in [0.2, 0.25) is 0 Å². The van der Waals surface area contributed by atoms with Crippen LogP contribution in [0.15, 0.2) is 74.4 Å². The van der Waals surface area contributed by atoms with Crippen molar-refractivity contribution < 1.29 is 0 Å². The van der Waals surface area contributed by atoms with Gasteiger partial charge in [0, 0.05) is 10.8 Å². The SMILES string of the molecule is CC1=C(C)[C@]2(C)C(=C1C)P(c1ccccc1)C1=C(C)C(C)=C(C)[C@]12C. The Morgan fingerprint density at radius 1 is 0.600 bits per heavy atom. The van der Waals surface area contributed by atoms with Crippen LogP contribution in [0.2, 0.25) is 0 Å². The highest BCUT2D eigenvalue weighted by Crippen LogP contribution is 2.84. The maximum absolute atomic E-state index is 2.53. The van der Waals surface area contributed by atoms with Gasteiger partial charge in [-0.3, -0.25) is 0 Å². The Morgan fingerprint density at radius 3 is 1.40 bits per heavy atom. The van der Waals surface area contributed by atoms with Crippen molar-refractivity contribution in [3.63, 3.8) is 0 Å². The van der Waals surface area contributed by atoms with E-state index < -0.39 is 7.92 Å². The highest BCUT2D eigenvalue weighted by atomic mass is 31.1. The van der Waals surface area contributed by atoms with Gasteiger partial charge in [0.25, 0.3) is 0 Å². The molecular formula is C24H29P. The van der Waals surface area contributed by atoms with Gasteiger partial charge < -0.3 is 0 Å². The molecule has 4 rings (SSSR count). The third kappa shape index (κ3) is 1.68. The van der Waals surface area contributed by atoms with Gasteiger partial charge in [0.05, 0.1) is 0 Å². The van der Waals surface area contributed by atoms with Gasteiger partial charge >= 0.3 is 0 Å². The van der Waals surface area contributed by atoms with Gasteiger partial charge in [-0.1, -0.05) is 55.3 Å². The molecule has 0 nitrogen and oxygen atoms in total. The van der Waals surface area contributed by atoms with Crippen molar-refractivity contribution in [1.82, 2.24) is 0 Å². The van der Waals surface area contributed by atoms with Crippen LogP contribution in [0.3, 0.4) is 0 Å². The summed E-state index contributed by atoms with van der Waals surface area (Å²) in [6.45, 7) is 19.2. The third-order valence-electron chi connectivity index (χ3n) is 7.87. The molecule has 1 aromatic carbocycles. The lowest BCUT2D eigenvalue weighted by atomic mass is 9.60. The van der Waals surface area contributed by atoms with E-state index in [1.807, 2.05) is 0 Å². The number of allylic oxidation sites excluding steroid dienone is 8. The van der Waals surface area contributed by atoms with Gasteiger partial charge in [-0.15, -0.1) is 0 Å². The van der Waals surface area contributed by atoms with Crippen molar-refractivity contribution in [1.29, 1.82) is 0 Å². The second-order valence-corrected chi connectivity index (χ2v) is 10.4. The first-order chi connectivity index (χ1) is 11.7. The van der Waals surface area contributed by atoms with E-state index in [9.17, 15) is 0 Å². The average Bonchev–Trinajstić information content (AvgIpc) is 3.01. The zero-order valence-corrected chi connectivity index (χ0v) is 17.7. The molecule has 1 heterocycles. The molecule has 25 heavy (non-hydrogen) atoms. The van der Waals surface area contributed by atoms with Crippen LogP contribution < -0.4 is 5.30 Å². The van der Waals surface area contributed by atoms with E-state index in [1.54, 1.807) is 32.9 Å². The molecule has 130 valence electrons. The van der Waals surface area contributed by atoms with Gasteiger partial charge in [0.15, 0.2) is 0 Å². The first-order valence-corrected chi connectivity index (χ1v) is 10.7. The molecule has 1 aliphatic heterocycles. The molecule has 1 fully saturated rings. The van der Waals surface area contributed by atoms with Crippen LogP contribution >= 0.6 is 7.92 Å². The molecule has 3 aliphatic rings. The Bertz CT molecular complexity index is 864. The fourth-order valence-electron chi connectivity index (χ4n) is 5.73. The summed E-state index contributed by atoms with van der Waals surface area (Å²) < 4.78 is 0. The first-order valence-electron chi connectivity index (χ1n) is 9.33. The van der Waals surface area contributed by atoms with Gasteiger partial charge in [-0.25, -0.2) is 0 Å². The lowest BCUT2D eigenvalue weighted by molar-refractivity contribution is 0.284. The molecule has 0 N–H and O–H groups in total. The zero-order valence-electron chi connectivity index (χ0n) is 16.8. The largest absolute Gasteiger partial charge is 0.0622 e. The monoisotopic (exact) mass is 348 g/mol. The summed E-state index contributed by atoms with van der Waals surface area (Å²) in [6.07, 6.45) is 0. The third-order valence-corrected chi connectivity index (χ3v) is 11.1. The smallest absolute Gasteiger partial charge is 0.0282 e. The van der Waals surface area contributed by atoms with Crippen LogP contribution in [0.25, 0.3) is 0 Å². The van der Waals surface area contributed by atoms with Crippen LogP contribution in [0, 0.1) is 10.8 Å². The molecule has 0 radical (unpaired) electrons. The summed E-state index contributed by atoms with van der Waals surface area (Å²) in [5, 5.41) is 4.95. The van der Waals surface area contributed by atoms with Gasteiger partial charge in [0.1, 0.15) is 0 Å². The van der Waals surface area contributed by atoms with E-state index in [1.165, 1.54) is 16.5 Å². The number of hydrogen-bond donors (Lipinski definition) is 0. The lowest BCUT2D eigenvalue weighted by Gasteiger charge is -2.41. The molecule has 0 saturated carbocycles. The molecule has 0 bridgehead atoms. The zero-order chi connectivity index (χ0) is 18.3. The van der Waals surface area contributed by atoms with Crippen molar-refractivity contribution >= 4 is 13.2 Å². The molecule has 1 saturated heterocycles. The molecule has 1 heteroatoms. The normalized spacial score (nSPS) is 32.3. The maximum Gasteiger partial charge on any atom is 0.0282 e. The van der Waals surface area contributed by atoms with Crippen molar-refractivity contribution in [2.75, 3.05) is 0 Å². The molecule has 2 aliphatic carbocycles. The second kappa shape index (κ2) is 5.08. The van der Waals surface area contributed by atoms with E-state index >= 15 is 0 Å². The Kier molecular flexibility index (Phi) is 3.46. The van der Waals surface area contributed by atoms with Crippen molar-refractivity contribution in [3.05, 3.63) is 74.4 Å². The molecule has 2 atom stereocenters. The van der Waals surface area contributed by atoms with Crippen LogP contribution in [0.4, 0.5) is 0 Å². The number of rotatable bonds is 1. The van der Waals surface area contributed by atoms with Gasteiger partial charge in [-0.05, 0) is 87.7 Å². The number of hydrogen-bond acceptors (Lipinski definition) is 0. The molecule has 0 unspecified atom stereocenters. The highest BCUT2D eigenvalue weighted by molar-refractivity contribution is 7.74. The van der Waals surface area contributed by atoms with Gasteiger partial charge in [-0.2, -0.15) is 0 Å². The van der Waals surface area contributed by atoms with E-state index in [-0.39, 0.29) is 10.8 Å². The van der Waals surface area contributed by atoms with E-state index in [4.69, 9.17) is 0 Å². The molecule has 0 spiro atoms. The summed E-state index contributed by atoms with van der Waals surface area (Å²) >= 11 is 0. The Morgan fingerprint density at radius 2 is 1.00 bits per heavy atom. The highest BCUT2D eigenvalue weighted by Gasteiger charge is 2.65. The second-order valence-electron chi connectivity index (χ2n) is 8.37. The van der Waals surface area contributed by atoms with Crippen LogP contribution in [0.5, 0.6) is 0 Å². The minimum atomic E-state index is -0.427. The van der Waals surface area contributed by atoms with E-state index in [2.05, 4.69) is 85.7 Å².